The molecule has 1 heterocycles. The number of carbonyl (C=O) groups excluding carboxylic acids is 1. The molecule has 0 aliphatic rings. The van der Waals surface area contributed by atoms with Crippen LogP contribution in [0.2, 0.25) is 0 Å². The summed E-state index contributed by atoms with van der Waals surface area (Å²) in [4.78, 5) is 27.7. The summed E-state index contributed by atoms with van der Waals surface area (Å²) < 4.78 is 49.3. The number of aryl methyl sites for hydroxylation is 1. The topological polar surface area (TPSA) is 73.3 Å². The minimum Gasteiger partial charge on any atom is -0.434 e. The molecule has 0 atom stereocenters. The number of nitrogens with zero attached hydrogens (tertiary/aromatic N) is 1. The Kier molecular flexibility index (Phi) is 5.24. The van der Waals surface area contributed by atoms with Gasteiger partial charge in [-0.15, -0.1) is 0 Å². The second-order valence-corrected chi connectivity index (χ2v) is 6.67. The highest BCUT2D eigenvalue weighted by atomic mass is 19.3. The first kappa shape index (κ1) is 20.3. The largest absolute Gasteiger partial charge is 0.434 e. The zero-order valence-electron chi connectivity index (χ0n) is 16.1. The van der Waals surface area contributed by atoms with Gasteiger partial charge in [-0.1, -0.05) is 6.07 Å². The molecule has 0 bridgehead atoms. The second-order valence-electron chi connectivity index (χ2n) is 6.67. The van der Waals surface area contributed by atoms with Gasteiger partial charge in [0.1, 0.15) is 17.3 Å². The van der Waals surface area contributed by atoms with Gasteiger partial charge in [0.05, 0.1) is 22.3 Å². The molecular formula is C22H15F3N2O4. The summed E-state index contributed by atoms with van der Waals surface area (Å²) in [7, 11) is 0. The van der Waals surface area contributed by atoms with Crippen LogP contribution in [-0.2, 0) is 0 Å². The molecule has 0 amide bonds. The van der Waals surface area contributed by atoms with Gasteiger partial charge in [0.25, 0.3) is 0 Å². The normalized spacial score (nSPS) is 11.1. The van der Waals surface area contributed by atoms with Crippen LogP contribution in [0.1, 0.15) is 15.9 Å². The molecule has 3 aromatic carbocycles. The number of aromatic nitrogens is 2. The Morgan fingerprint density at radius 2 is 1.77 bits per heavy atom. The Morgan fingerprint density at radius 1 is 1.03 bits per heavy atom. The Bertz CT molecular complexity index is 1330. The van der Waals surface area contributed by atoms with E-state index in [0.29, 0.717) is 22.3 Å². The van der Waals surface area contributed by atoms with E-state index in [1.807, 2.05) is 0 Å². The maximum atomic E-state index is 13.2. The van der Waals surface area contributed by atoms with Crippen LogP contribution in [0.3, 0.4) is 0 Å². The zero-order valence-corrected chi connectivity index (χ0v) is 16.1. The van der Waals surface area contributed by atoms with Crippen LogP contribution >= 0.6 is 0 Å². The third kappa shape index (κ3) is 4.16. The number of halogens is 3. The third-order valence-electron chi connectivity index (χ3n) is 4.59. The summed E-state index contributed by atoms with van der Waals surface area (Å²) in [5, 5.41) is 0. The lowest BCUT2D eigenvalue weighted by Gasteiger charge is -2.10. The van der Waals surface area contributed by atoms with Crippen molar-refractivity contribution in [3.63, 3.8) is 0 Å². The smallest absolute Gasteiger partial charge is 0.387 e. The van der Waals surface area contributed by atoms with Gasteiger partial charge in [-0.05, 0) is 61.0 Å². The molecule has 0 saturated carbocycles. The first-order valence-corrected chi connectivity index (χ1v) is 9.10. The lowest BCUT2D eigenvalue weighted by Crippen LogP contribution is -2.14. The fraction of sp³-hybridized carbons (Fsp3) is 0.0909. The van der Waals surface area contributed by atoms with Crippen molar-refractivity contribution in [2.45, 2.75) is 13.5 Å². The molecule has 0 fully saturated rings. The molecule has 1 N–H and O–H groups in total. The van der Waals surface area contributed by atoms with Crippen LogP contribution in [0.5, 0.6) is 11.5 Å². The molecule has 6 nitrogen and oxygen atoms in total. The highest BCUT2D eigenvalue weighted by Gasteiger charge is 2.16. The quantitative estimate of drug-likeness (QED) is 0.373. The Hall–Kier alpha value is -4.01. The zero-order chi connectivity index (χ0) is 22.1. The number of ether oxygens (including phenoxy) is 2. The number of rotatable bonds is 5. The number of esters is 1. The Balaban J connectivity index is 1.67. The molecule has 9 heteroatoms. The molecule has 4 rings (SSSR count). The van der Waals surface area contributed by atoms with Crippen LogP contribution in [0.4, 0.5) is 13.2 Å². The van der Waals surface area contributed by atoms with Gasteiger partial charge in [-0.2, -0.15) is 8.78 Å². The third-order valence-corrected chi connectivity index (χ3v) is 4.59. The molecule has 0 unspecified atom stereocenters. The number of carbonyl (C=O) groups is 1. The van der Waals surface area contributed by atoms with Crippen LogP contribution in [0, 0.1) is 12.7 Å². The van der Waals surface area contributed by atoms with Crippen molar-refractivity contribution in [2.75, 3.05) is 0 Å². The van der Waals surface area contributed by atoms with E-state index >= 15 is 0 Å². The predicted molar refractivity (Wildman–Crippen MR) is 107 cm³/mol. The lowest BCUT2D eigenvalue weighted by atomic mass is 10.2. The Labute approximate surface area is 173 Å². The van der Waals surface area contributed by atoms with E-state index in [2.05, 4.69) is 9.72 Å². The predicted octanol–water partition coefficient (Wildman–Crippen LogP) is 4.59. The van der Waals surface area contributed by atoms with Crippen molar-refractivity contribution in [1.82, 2.24) is 9.55 Å². The van der Waals surface area contributed by atoms with Crippen LogP contribution in [0.25, 0.3) is 16.7 Å². The van der Waals surface area contributed by atoms with Crippen molar-refractivity contribution in [1.29, 1.82) is 0 Å². The number of benzene rings is 3. The van der Waals surface area contributed by atoms with Crippen molar-refractivity contribution in [2.24, 2.45) is 0 Å². The summed E-state index contributed by atoms with van der Waals surface area (Å²) in [6.45, 7) is -1.43. The maximum absolute atomic E-state index is 13.2. The van der Waals surface area contributed by atoms with E-state index in [1.54, 1.807) is 6.92 Å². The van der Waals surface area contributed by atoms with Gasteiger partial charge < -0.3 is 14.5 Å². The monoisotopic (exact) mass is 428 g/mol. The number of nitrogens with one attached hydrogen (secondary N) is 1. The molecule has 0 aliphatic carbocycles. The van der Waals surface area contributed by atoms with E-state index in [-0.39, 0.29) is 17.1 Å². The fourth-order valence-electron chi connectivity index (χ4n) is 3.11. The van der Waals surface area contributed by atoms with Crippen LogP contribution < -0.4 is 15.2 Å². The standard InChI is InChI=1S/C22H15F3N2O4/c1-12-2-8-16(11-19(12)31-21(24)25)30-20(28)13-3-9-17-18(10-13)27(22(29)26-17)15-6-4-14(23)5-7-15/h2-11,21H,1H3,(H,26,29). The molecule has 4 aromatic rings. The number of hydrogen-bond donors (Lipinski definition) is 1. The van der Waals surface area contributed by atoms with Crippen molar-refractivity contribution < 1.29 is 27.4 Å². The second kappa shape index (κ2) is 8.02. The number of imidazole rings is 1. The summed E-state index contributed by atoms with van der Waals surface area (Å²) in [6.07, 6.45) is 0. The first-order chi connectivity index (χ1) is 14.8. The summed E-state index contributed by atoms with van der Waals surface area (Å²) >= 11 is 0. The summed E-state index contributed by atoms with van der Waals surface area (Å²) in [5.41, 5.74) is 1.39. The van der Waals surface area contributed by atoms with E-state index in [9.17, 15) is 22.8 Å². The van der Waals surface area contributed by atoms with Gasteiger partial charge >= 0.3 is 18.3 Å². The minimum absolute atomic E-state index is 0.0244. The first-order valence-electron chi connectivity index (χ1n) is 9.10. The van der Waals surface area contributed by atoms with E-state index in [0.717, 1.165) is 0 Å². The Morgan fingerprint density at radius 3 is 2.48 bits per heavy atom. The van der Waals surface area contributed by atoms with E-state index in [4.69, 9.17) is 4.74 Å². The average Bonchev–Trinajstić information content (AvgIpc) is 3.05. The number of hydrogen-bond acceptors (Lipinski definition) is 4. The number of aromatic amines is 1. The fourth-order valence-corrected chi connectivity index (χ4v) is 3.11. The maximum Gasteiger partial charge on any atom is 0.387 e. The minimum atomic E-state index is -3.01. The lowest BCUT2D eigenvalue weighted by molar-refractivity contribution is -0.0503. The molecule has 0 saturated heterocycles. The molecular weight excluding hydrogens is 413 g/mol. The van der Waals surface area contributed by atoms with Gasteiger partial charge in [0.15, 0.2) is 0 Å². The van der Waals surface area contributed by atoms with Gasteiger partial charge in [-0.3, -0.25) is 4.57 Å². The molecule has 0 spiro atoms. The van der Waals surface area contributed by atoms with E-state index in [1.165, 1.54) is 65.2 Å². The molecule has 0 radical (unpaired) electrons. The number of H-pyrrole nitrogens is 1. The highest BCUT2D eigenvalue weighted by Crippen LogP contribution is 2.27. The number of alkyl halides is 2. The van der Waals surface area contributed by atoms with Gasteiger partial charge in [-0.25, -0.2) is 14.0 Å². The molecule has 158 valence electrons. The van der Waals surface area contributed by atoms with Gasteiger partial charge in [0, 0.05) is 6.07 Å². The molecule has 1 aromatic heterocycles. The van der Waals surface area contributed by atoms with E-state index < -0.39 is 24.1 Å². The van der Waals surface area contributed by atoms with Crippen molar-refractivity contribution >= 4 is 17.0 Å². The van der Waals surface area contributed by atoms with Gasteiger partial charge in [0.2, 0.25) is 0 Å². The molecule has 31 heavy (non-hydrogen) atoms. The highest BCUT2D eigenvalue weighted by molar-refractivity contribution is 5.95. The molecule has 0 aliphatic heterocycles. The summed E-state index contributed by atoms with van der Waals surface area (Å²) in [6, 6.07) is 13.9. The number of fused-ring (bicyclic) bond motifs is 1. The van der Waals surface area contributed by atoms with Crippen molar-refractivity contribution in [3.05, 3.63) is 88.1 Å². The van der Waals surface area contributed by atoms with Crippen LogP contribution in [0.15, 0.2) is 65.5 Å². The van der Waals surface area contributed by atoms with Crippen molar-refractivity contribution in [3.8, 4) is 17.2 Å². The SMILES string of the molecule is Cc1ccc(OC(=O)c2ccc3[nH]c(=O)n(-c4ccc(F)cc4)c3c2)cc1OC(F)F. The van der Waals surface area contributed by atoms with Crippen LogP contribution in [-0.4, -0.2) is 22.1 Å². The summed E-state index contributed by atoms with van der Waals surface area (Å²) in [5.74, 6) is -1.29. The average molecular weight is 428 g/mol.